The fourth-order valence-electron chi connectivity index (χ4n) is 1.45. The van der Waals surface area contributed by atoms with Crippen LogP contribution in [0.1, 0.15) is 18.1 Å². The minimum atomic E-state index is -1.11. The zero-order valence-corrected chi connectivity index (χ0v) is 8.14. The third-order valence-corrected chi connectivity index (χ3v) is 2.20. The highest BCUT2D eigenvalue weighted by atomic mass is 16.4. The van der Waals surface area contributed by atoms with Crippen molar-refractivity contribution < 1.29 is 19.4 Å². The van der Waals surface area contributed by atoms with Gasteiger partial charge in [0.15, 0.2) is 5.58 Å². The summed E-state index contributed by atoms with van der Waals surface area (Å²) >= 11 is 0. The highest BCUT2D eigenvalue weighted by molar-refractivity contribution is 5.73. The van der Waals surface area contributed by atoms with Crippen molar-refractivity contribution in [1.29, 1.82) is 0 Å². The summed E-state index contributed by atoms with van der Waals surface area (Å²) in [7, 11) is 0. The first-order chi connectivity index (χ1) is 7.56. The standard InChI is InChI=1S/C10H9NO5/c12-7(4-9(13)14)5-1-2-6-8(3-5)16-10(15)11-6/h1-3,7,12H,4H2,(H,11,15)(H,13,14). The molecule has 1 aromatic carbocycles. The van der Waals surface area contributed by atoms with E-state index in [2.05, 4.69) is 4.98 Å². The zero-order valence-electron chi connectivity index (χ0n) is 8.14. The van der Waals surface area contributed by atoms with Gasteiger partial charge in [0.2, 0.25) is 0 Å². The Morgan fingerprint density at radius 3 is 2.94 bits per heavy atom. The van der Waals surface area contributed by atoms with E-state index in [4.69, 9.17) is 9.52 Å². The number of aliphatic hydroxyl groups excluding tert-OH is 1. The molecular formula is C10H9NO5. The van der Waals surface area contributed by atoms with Gasteiger partial charge in [0.25, 0.3) is 0 Å². The number of hydrogen-bond acceptors (Lipinski definition) is 4. The van der Waals surface area contributed by atoms with Crippen molar-refractivity contribution in [2.45, 2.75) is 12.5 Å². The second-order valence-corrected chi connectivity index (χ2v) is 3.38. The number of benzene rings is 1. The molecule has 1 aromatic heterocycles. The minimum absolute atomic E-state index is 0.298. The summed E-state index contributed by atoms with van der Waals surface area (Å²) < 4.78 is 4.79. The van der Waals surface area contributed by atoms with E-state index in [1.54, 1.807) is 12.1 Å². The van der Waals surface area contributed by atoms with Crippen molar-refractivity contribution in [1.82, 2.24) is 4.98 Å². The van der Waals surface area contributed by atoms with Gasteiger partial charge in [0.1, 0.15) is 0 Å². The molecule has 16 heavy (non-hydrogen) atoms. The molecular weight excluding hydrogens is 214 g/mol. The SMILES string of the molecule is O=C(O)CC(O)c1ccc2[nH]c(=O)oc2c1. The van der Waals surface area contributed by atoms with E-state index < -0.39 is 17.8 Å². The van der Waals surface area contributed by atoms with E-state index >= 15 is 0 Å². The molecule has 2 rings (SSSR count). The summed E-state index contributed by atoms with van der Waals surface area (Å²) in [5, 5.41) is 18.1. The van der Waals surface area contributed by atoms with Crippen LogP contribution in [0.3, 0.4) is 0 Å². The molecule has 0 aliphatic rings. The van der Waals surface area contributed by atoms with Gasteiger partial charge in [-0.3, -0.25) is 9.78 Å². The molecule has 0 aliphatic heterocycles. The van der Waals surface area contributed by atoms with E-state index in [1.807, 2.05) is 0 Å². The van der Waals surface area contributed by atoms with Gasteiger partial charge in [-0.2, -0.15) is 0 Å². The third-order valence-electron chi connectivity index (χ3n) is 2.20. The second-order valence-electron chi connectivity index (χ2n) is 3.38. The molecule has 0 saturated carbocycles. The Morgan fingerprint density at radius 1 is 1.50 bits per heavy atom. The van der Waals surface area contributed by atoms with E-state index in [9.17, 15) is 14.7 Å². The number of aliphatic carboxylic acids is 1. The molecule has 0 saturated heterocycles. The predicted octanol–water partition coefficient (Wildman–Crippen LogP) is 0.629. The van der Waals surface area contributed by atoms with Gasteiger partial charge in [-0.1, -0.05) is 6.07 Å². The fourth-order valence-corrected chi connectivity index (χ4v) is 1.45. The molecule has 6 nitrogen and oxygen atoms in total. The Labute approximate surface area is 89.1 Å². The minimum Gasteiger partial charge on any atom is -0.481 e. The number of H-pyrrole nitrogens is 1. The van der Waals surface area contributed by atoms with Crippen molar-refractivity contribution in [3.8, 4) is 0 Å². The maximum atomic E-state index is 10.9. The van der Waals surface area contributed by atoms with Crippen LogP contribution < -0.4 is 5.76 Å². The zero-order chi connectivity index (χ0) is 11.7. The lowest BCUT2D eigenvalue weighted by molar-refractivity contribution is -0.139. The monoisotopic (exact) mass is 223 g/mol. The summed E-state index contributed by atoms with van der Waals surface area (Å²) in [6.07, 6.45) is -1.50. The molecule has 0 fully saturated rings. The van der Waals surface area contributed by atoms with Crippen molar-refractivity contribution in [3.63, 3.8) is 0 Å². The smallest absolute Gasteiger partial charge is 0.417 e. The van der Waals surface area contributed by atoms with E-state index in [-0.39, 0.29) is 6.42 Å². The lowest BCUT2D eigenvalue weighted by Gasteiger charge is -2.07. The summed E-state index contributed by atoms with van der Waals surface area (Å²) in [6, 6.07) is 4.54. The van der Waals surface area contributed by atoms with Crippen LogP contribution in [0, 0.1) is 0 Å². The second kappa shape index (κ2) is 3.82. The number of aliphatic hydroxyl groups is 1. The average Bonchev–Trinajstić information content (AvgIpc) is 2.55. The van der Waals surface area contributed by atoms with Crippen LogP contribution in [0.15, 0.2) is 27.4 Å². The molecule has 1 atom stereocenters. The normalized spacial score (nSPS) is 12.8. The lowest BCUT2D eigenvalue weighted by atomic mass is 10.1. The predicted molar refractivity (Wildman–Crippen MR) is 54.0 cm³/mol. The molecule has 3 N–H and O–H groups in total. The van der Waals surface area contributed by atoms with Gasteiger partial charge >= 0.3 is 11.7 Å². The number of aromatic amines is 1. The molecule has 1 unspecified atom stereocenters. The van der Waals surface area contributed by atoms with Crippen LogP contribution in [0.25, 0.3) is 11.1 Å². The molecule has 2 aromatic rings. The lowest BCUT2D eigenvalue weighted by Crippen LogP contribution is -2.05. The van der Waals surface area contributed by atoms with Crippen molar-refractivity contribution in [2.75, 3.05) is 0 Å². The summed E-state index contributed by atoms with van der Waals surface area (Å²) in [6.45, 7) is 0. The number of nitrogens with one attached hydrogen (secondary N) is 1. The highest BCUT2D eigenvalue weighted by Gasteiger charge is 2.13. The van der Waals surface area contributed by atoms with Gasteiger partial charge in [0.05, 0.1) is 18.0 Å². The molecule has 84 valence electrons. The van der Waals surface area contributed by atoms with Gasteiger partial charge < -0.3 is 14.6 Å². The van der Waals surface area contributed by atoms with Crippen molar-refractivity contribution >= 4 is 17.1 Å². The first-order valence-electron chi connectivity index (χ1n) is 4.59. The van der Waals surface area contributed by atoms with Gasteiger partial charge in [-0.15, -0.1) is 0 Å². The number of carbonyl (C=O) groups is 1. The summed E-state index contributed by atoms with van der Waals surface area (Å²) in [5.41, 5.74) is 1.21. The topological polar surface area (TPSA) is 104 Å². The van der Waals surface area contributed by atoms with E-state index in [0.717, 1.165) is 0 Å². The first kappa shape index (κ1) is 10.4. The fraction of sp³-hybridized carbons (Fsp3) is 0.200. The van der Waals surface area contributed by atoms with Crippen LogP contribution in [-0.4, -0.2) is 21.2 Å². The van der Waals surface area contributed by atoms with Gasteiger partial charge in [-0.05, 0) is 17.7 Å². The Kier molecular flexibility index (Phi) is 2.49. The Morgan fingerprint density at radius 2 is 2.25 bits per heavy atom. The summed E-state index contributed by atoms with van der Waals surface area (Å²) in [4.78, 5) is 23.7. The number of hydrogen-bond donors (Lipinski definition) is 3. The van der Waals surface area contributed by atoms with Crippen molar-refractivity contribution in [3.05, 3.63) is 34.3 Å². The Bertz CT molecular complexity index is 582. The number of carboxylic acids is 1. The summed E-state index contributed by atoms with van der Waals surface area (Å²) in [5.74, 6) is -1.68. The highest BCUT2D eigenvalue weighted by Crippen LogP contribution is 2.20. The van der Waals surface area contributed by atoms with Gasteiger partial charge in [-0.25, -0.2) is 4.79 Å². The number of carboxylic acid groups (broad SMARTS) is 1. The Balaban J connectivity index is 2.38. The number of rotatable bonds is 3. The number of fused-ring (bicyclic) bond motifs is 1. The Hall–Kier alpha value is -2.08. The molecule has 1 heterocycles. The molecule has 6 heteroatoms. The van der Waals surface area contributed by atoms with E-state index in [0.29, 0.717) is 16.7 Å². The molecule has 0 bridgehead atoms. The van der Waals surface area contributed by atoms with Crippen LogP contribution >= 0.6 is 0 Å². The van der Waals surface area contributed by atoms with Crippen LogP contribution in [-0.2, 0) is 4.79 Å². The molecule has 0 amide bonds. The number of aromatic nitrogens is 1. The molecule has 0 aliphatic carbocycles. The third kappa shape index (κ3) is 1.96. The van der Waals surface area contributed by atoms with Crippen LogP contribution in [0.5, 0.6) is 0 Å². The maximum Gasteiger partial charge on any atom is 0.417 e. The molecule has 0 radical (unpaired) electrons. The first-order valence-corrected chi connectivity index (χ1v) is 4.59. The maximum absolute atomic E-state index is 10.9. The van der Waals surface area contributed by atoms with Crippen LogP contribution in [0.2, 0.25) is 0 Å². The van der Waals surface area contributed by atoms with E-state index in [1.165, 1.54) is 6.07 Å². The van der Waals surface area contributed by atoms with Crippen LogP contribution in [0.4, 0.5) is 0 Å². The van der Waals surface area contributed by atoms with Gasteiger partial charge in [0, 0.05) is 0 Å². The van der Waals surface area contributed by atoms with Crippen molar-refractivity contribution in [2.24, 2.45) is 0 Å². The quantitative estimate of drug-likeness (QED) is 0.708. The largest absolute Gasteiger partial charge is 0.481 e. The number of oxazole rings is 1. The molecule has 0 spiro atoms. The average molecular weight is 223 g/mol.